The maximum Gasteiger partial charge on any atom is 0.124 e. The lowest BCUT2D eigenvalue weighted by Gasteiger charge is -2.08. The van der Waals surface area contributed by atoms with Crippen molar-refractivity contribution >= 4 is 10.8 Å². The molecule has 0 aliphatic carbocycles. The van der Waals surface area contributed by atoms with E-state index in [2.05, 4.69) is 7.05 Å². The zero-order chi connectivity index (χ0) is 9.97. The highest BCUT2D eigenvalue weighted by atomic mass is 16.3. The van der Waals surface area contributed by atoms with Gasteiger partial charge in [-0.15, -0.1) is 0 Å². The van der Waals surface area contributed by atoms with Crippen LogP contribution in [0, 0.1) is 7.05 Å². The summed E-state index contributed by atoms with van der Waals surface area (Å²) in [7, 11) is 3.69. The second-order valence-electron chi connectivity index (χ2n) is 3.28. The molecule has 0 aliphatic heterocycles. The molecule has 0 heterocycles. The van der Waals surface area contributed by atoms with E-state index < -0.39 is 0 Å². The van der Waals surface area contributed by atoms with Gasteiger partial charge in [0.2, 0.25) is 0 Å². The van der Waals surface area contributed by atoms with Crippen LogP contribution >= 0.6 is 0 Å². The first-order valence-electron chi connectivity index (χ1n) is 4.63. The molecule has 0 saturated carbocycles. The molecule has 0 fully saturated rings. The second-order valence-corrected chi connectivity index (χ2v) is 3.28. The molecule has 2 nitrogen and oxygen atoms in total. The summed E-state index contributed by atoms with van der Waals surface area (Å²) in [5, 5.41) is 13.8. The number of hydrogen-bond donors (Lipinski definition) is 2. The molecule has 0 radical (unpaired) electrons. The molecule has 0 spiro atoms. The highest BCUT2D eigenvalue weighted by molar-refractivity contribution is 5.87. The fourth-order valence-corrected chi connectivity index (χ4v) is 1.68. The lowest BCUT2D eigenvalue weighted by Crippen LogP contribution is -2.74. The van der Waals surface area contributed by atoms with Gasteiger partial charge in [-0.05, 0) is 16.8 Å². The number of rotatable bonds is 2. The van der Waals surface area contributed by atoms with Gasteiger partial charge in [-0.1, -0.05) is 30.3 Å². The smallest absolute Gasteiger partial charge is 0.124 e. The molecule has 0 amide bonds. The standard InChI is InChI=1S/C12H13NO/c1-13-8-11-10-5-3-2-4-9(10)6-7-12(11)14/h2-7,14H,1,8,13H2. The van der Waals surface area contributed by atoms with Gasteiger partial charge in [-0.2, -0.15) is 7.05 Å². The number of fused-ring (bicyclic) bond motifs is 1. The van der Waals surface area contributed by atoms with Crippen LogP contribution < -0.4 is 5.32 Å². The molecule has 2 aromatic rings. The Balaban J connectivity index is 2.69. The summed E-state index contributed by atoms with van der Waals surface area (Å²) in [6.45, 7) is 0.702. The van der Waals surface area contributed by atoms with E-state index in [-0.39, 0.29) is 0 Å². The Bertz CT molecular complexity index is 451. The molecule has 2 rings (SSSR count). The van der Waals surface area contributed by atoms with Crippen molar-refractivity contribution in [1.29, 1.82) is 0 Å². The van der Waals surface area contributed by atoms with Crippen LogP contribution in [-0.2, 0) is 6.54 Å². The van der Waals surface area contributed by atoms with E-state index in [0.29, 0.717) is 12.3 Å². The van der Waals surface area contributed by atoms with Gasteiger partial charge in [0.1, 0.15) is 5.75 Å². The minimum atomic E-state index is 0.351. The summed E-state index contributed by atoms with van der Waals surface area (Å²) in [5.41, 5.74) is 0.957. The molecule has 0 bridgehead atoms. The second kappa shape index (κ2) is 3.68. The zero-order valence-corrected chi connectivity index (χ0v) is 7.90. The molecule has 2 heteroatoms. The fraction of sp³-hybridized carbons (Fsp3) is 0.0833. The number of phenolic OH excluding ortho intramolecular Hbond substituents is 1. The van der Waals surface area contributed by atoms with E-state index in [9.17, 15) is 5.11 Å². The average Bonchev–Trinajstić information content (AvgIpc) is 2.23. The van der Waals surface area contributed by atoms with Crippen molar-refractivity contribution in [2.75, 3.05) is 0 Å². The van der Waals surface area contributed by atoms with Crippen LogP contribution in [0.4, 0.5) is 0 Å². The SMILES string of the molecule is [CH2-][NH2+]Cc1c(O)ccc2ccccc12. The van der Waals surface area contributed by atoms with Crippen molar-refractivity contribution in [2.24, 2.45) is 0 Å². The first-order valence-corrected chi connectivity index (χ1v) is 4.63. The summed E-state index contributed by atoms with van der Waals surface area (Å²) in [6, 6.07) is 11.7. The van der Waals surface area contributed by atoms with Crippen molar-refractivity contribution in [1.82, 2.24) is 0 Å². The van der Waals surface area contributed by atoms with E-state index >= 15 is 0 Å². The monoisotopic (exact) mass is 187 g/mol. The molecule has 0 unspecified atom stereocenters. The number of phenols is 1. The van der Waals surface area contributed by atoms with E-state index in [1.165, 1.54) is 0 Å². The first kappa shape index (κ1) is 9.03. The van der Waals surface area contributed by atoms with Crippen LogP contribution in [0.2, 0.25) is 0 Å². The van der Waals surface area contributed by atoms with E-state index in [1.807, 2.05) is 35.6 Å². The third kappa shape index (κ3) is 1.44. The zero-order valence-electron chi connectivity index (χ0n) is 7.90. The lowest BCUT2D eigenvalue weighted by atomic mass is 10.0. The topological polar surface area (TPSA) is 36.8 Å². The summed E-state index contributed by atoms with van der Waals surface area (Å²) in [4.78, 5) is 0. The van der Waals surface area contributed by atoms with E-state index in [1.54, 1.807) is 6.07 Å². The van der Waals surface area contributed by atoms with Gasteiger partial charge in [-0.3, -0.25) is 0 Å². The molecule has 0 aliphatic rings. The Morgan fingerprint density at radius 2 is 1.93 bits per heavy atom. The quantitative estimate of drug-likeness (QED) is 0.685. The molecule has 0 aromatic heterocycles. The highest BCUT2D eigenvalue weighted by Crippen LogP contribution is 2.25. The summed E-state index contributed by atoms with van der Waals surface area (Å²) in [6.07, 6.45) is 0. The third-order valence-corrected chi connectivity index (χ3v) is 2.36. The van der Waals surface area contributed by atoms with Gasteiger partial charge in [0.25, 0.3) is 0 Å². The van der Waals surface area contributed by atoms with Gasteiger partial charge >= 0.3 is 0 Å². The summed E-state index contributed by atoms with van der Waals surface area (Å²) < 4.78 is 0. The molecular formula is C12H13NO. The van der Waals surface area contributed by atoms with Gasteiger partial charge in [-0.25, -0.2) is 0 Å². The van der Waals surface area contributed by atoms with Crippen LogP contribution in [0.3, 0.4) is 0 Å². The summed E-state index contributed by atoms with van der Waals surface area (Å²) >= 11 is 0. The van der Waals surface area contributed by atoms with Crippen LogP contribution in [0.25, 0.3) is 10.8 Å². The molecule has 3 N–H and O–H groups in total. The Labute approximate surface area is 83.2 Å². The first-order chi connectivity index (χ1) is 6.83. The Hall–Kier alpha value is -1.54. The molecule has 0 saturated heterocycles. The number of benzene rings is 2. The molecule has 14 heavy (non-hydrogen) atoms. The van der Waals surface area contributed by atoms with Gasteiger partial charge in [0, 0.05) is 0 Å². The maximum atomic E-state index is 9.69. The highest BCUT2D eigenvalue weighted by Gasteiger charge is 2.05. The van der Waals surface area contributed by atoms with Crippen molar-refractivity contribution < 1.29 is 10.4 Å². The molecule has 0 atom stereocenters. The molecule has 72 valence electrons. The largest absolute Gasteiger partial charge is 0.507 e. The normalized spacial score (nSPS) is 10.6. The minimum Gasteiger partial charge on any atom is -0.507 e. The lowest BCUT2D eigenvalue weighted by molar-refractivity contribution is -0.612. The summed E-state index contributed by atoms with van der Waals surface area (Å²) in [5.74, 6) is 0.351. The van der Waals surface area contributed by atoms with Crippen molar-refractivity contribution in [3.8, 4) is 5.75 Å². The Kier molecular flexibility index (Phi) is 2.37. The fourth-order valence-electron chi connectivity index (χ4n) is 1.68. The van der Waals surface area contributed by atoms with Gasteiger partial charge in [0.15, 0.2) is 0 Å². The van der Waals surface area contributed by atoms with Crippen LogP contribution in [-0.4, -0.2) is 5.11 Å². The predicted molar refractivity (Wildman–Crippen MR) is 56.6 cm³/mol. The average molecular weight is 187 g/mol. The number of nitrogens with two attached hydrogens (primary N) is 1. The minimum absolute atomic E-state index is 0.351. The van der Waals surface area contributed by atoms with Crippen LogP contribution in [0.5, 0.6) is 5.75 Å². The third-order valence-electron chi connectivity index (χ3n) is 2.36. The van der Waals surface area contributed by atoms with E-state index in [4.69, 9.17) is 0 Å². The van der Waals surface area contributed by atoms with Crippen LogP contribution in [0.1, 0.15) is 5.56 Å². The van der Waals surface area contributed by atoms with Crippen LogP contribution in [0.15, 0.2) is 36.4 Å². The molecular weight excluding hydrogens is 174 g/mol. The van der Waals surface area contributed by atoms with E-state index in [0.717, 1.165) is 16.3 Å². The Morgan fingerprint density at radius 3 is 2.71 bits per heavy atom. The molecule has 2 aromatic carbocycles. The number of quaternary nitrogens is 1. The van der Waals surface area contributed by atoms with Gasteiger partial charge in [0.05, 0.1) is 12.1 Å². The Morgan fingerprint density at radius 1 is 1.14 bits per heavy atom. The number of hydrogen-bond acceptors (Lipinski definition) is 1. The van der Waals surface area contributed by atoms with Gasteiger partial charge < -0.3 is 10.4 Å². The van der Waals surface area contributed by atoms with Crippen molar-refractivity contribution in [3.05, 3.63) is 49.0 Å². The van der Waals surface area contributed by atoms with Crippen molar-refractivity contribution in [2.45, 2.75) is 6.54 Å². The predicted octanol–water partition coefficient (Wildman–Crippen LogP) is 1.40. The maximum absolute atomic E-state index is 9.69. The number of aromatic hydroxyl groups is 1. The van der Waals surface area contributed by atoms with Crippen molar-refractivity contribution in [3.63, 3.8) is 0 Å².